The lowest BCUT2D eigenvalue weighted by molar-refractivity contribution is -0.122. The van der Waals surface area contributed by atoms with Crippen LogP contribution in [0.25, 0.3) is 6.08 Å². The van der Waals surface area contributed by atoms with Gasteiger partial charge in [0.05, 0.1) is 12.0 Å². The number of halogens is 1. The standard InChI is InChI=1S/C28H25FN4O3S2/c1-17-22(25(32(2)26(34)23(17)15-30)31-16-19-4-8-20(29)9-5-19)14-24-27(35)33(28(37)38-24)13-12-18-6-10-21(36-3)11-7-18/h4-11,14,31H,12-13,16H2,1-3H3/b24-14+. The van der Waals surface area contributed by atoms with Crippen LogP contribution in [-0.2, 0) is 24.8 Å². The molecule has 2 aromatic carbocycles. The number of nitrogens with zero attached hydrogens (tertiary/aromatic N) is 3. The maximum absolute atomic E-state index is 13.3. The Morgan fingerprint density at radius 1 is 1.13 bits per heavy atom. The first-order valence-electron chi connectivity index (χ1n) is 11.7. The molecule has 0 radical (unpaired) electrons. The van der Waals surface area contributed by atoms with Gasteiger partial charge in [0.25, 0.3) is 11.5 Å². The van der Waals surface area contributed by atoms with Gasteiger partial charge >= 0.3 is 0 Å². The molecule has 1 aliphatic heterocycles. The molecule has 0 atom stereocenters. The summed E-state index contributed by atoms with van der Waals surface area (Å²) in [5.41, 5.74) is 2.40. The summed E-state index contributed by atoms with van der Waals surface area (Å²) >= 11 is 6.69. The Balaban J connectivity index is 1.63. The number of pyridine rings is 1. The molecule has 2 heterocycles. The number of aromatic nitrogens is 1. The third-order valence-corrected chi connectivity index (χ3v) is 7.68. The number of ether oxygens (including phenoxy) is 1. The van der Waals surface area contributed by atoms with Crippen LogP contribution in [-0.4, -0.2) is 33.3 Å². The lowest BCUT2D eigenvalue weighted by Crippen LogP contribution is -2.30. The summed E-state index contributed by atoms with van der Waals surface area (Å²) < 4.78 is 20.3. The molecule has 1 aliphatic rings. The zero-order valence-electron chi connectivity index (χ0n) is 21.1. The predicted molar refractivity (Wildman–Crippen MR) is 151 cm³/mol. The van der Waals surface area contributed by atoms with Crippen molar-refractivity contribution in [2.75, 3.05) is 19.0 Å². The Hall–Kier alpha value is -3.94. The minimum Gasteiger partial charge on any atom is -0.497 e. The van der Waals surface area contributed by atoms with Crippen LogP contribution >= 0.6 is 24.0 Å². The third-order valence-electron chi connectivity index (χ3n) is 6.31. The Bertz CT molecular complexity index is 1520. The molecule has 0 unspecified atom stereocenters. The molecule has 38 heavy (non-hydrogen) atoms. The van der Waals surface area contributed by atoms with E-state index in [-0.39, 0.29) is 17.3 Å². The van der Waals surface area contributed by atoms with E-state index in [0.29, 0.717) is 45.7 Å². The Labute approximate surface area is 229 Å². The third kappa shape index (κ3) is 5.64. The number of amides is 1. The molecule has 1 N–H and O–H groups in total. The number of hydrogen-bond acceptors (Lipinski definition) is 7. The summed E-state index contributed by atoms with van der Waals surface area (Å²) in [4.78, 5) is 28.1. The minimum atomic E-state index is -0.448. The van der Waals surface area contributed by atoms with Crippen molar-refractivity contribution in [2.24, 2.45) is 7.05 Å². The molecule has 194 valence electrons. The van der Waals surface area contributed by atoms with Gasteiger partial charge < -0.3 is 10.1 Å². The first-order chi connectivity index (χ1) is 18.2. The molecular formula is C28H25FN4O3S2. The smallest absolute Gasteiger partial charge is 0.270 e. The molecule has 1 fully saturated rings. The van der Waals surface area contributed by atoms with Crippen LogP contribution < -0.4 is 15.6 Å². The number of thiocarbonyl (C=S) groups is 1. The van der Waals surface area contributed by atoms with Crippen molar-refractivity contribution in [3.8, 4) is 11.8 Å². The van der Waals surface area contributed by atoms with Crippen molar-refractivity contribution in [2.45, 2.75) is 19.9 Å². The normalized spacial score (nSPS) is 14.2. The monoisotopic (exact) mass is 548 g/mol. The van der Waals surface area contributed by atoms with E-state index < -0.39 is 5.56 Å². The van der Waals surface area contributed by atoms with Crippen LogP contribution in [0.15, 0.2) is 58.2 Å². The average Bonchev–Trinajstić information content (AvgIpc) is 3.19. The lowest BCUT2D eigenvalue weighted by Gasteiger charge is -2.18. The molecule has 7 nitrogen and oxygen atoms in total. The lowest BCUT2D eigenvalue weighted by atomic mass is 10.0. The fraction of sp³-hybridized carbons (Fsp3) is 0.214. The summed E-state index contributed by atoms with van der Waals surface area (Å²) in [5.74, 6) is 0.629. The Morgan fingerprint density at radius 3 is 2.42 bits per heavy atom. The average molecular weight is 549 g/mol. The van der Waals surface area contributed by atoms with Crippen LogP contribution in [0.1, 0.15) is 27.8 Å². The molecule has 1 aromatic heterocycles. The fourth-order valence-electron chi connectivity index (χ4n) is 4.09. The molecule has 0 saturated carbocycles. The van der Waals surface area contributed by atoms with E-state index in [9.17, 15) is 19.2 Å². The second kappa shape index (κ2) is 11.6. The molecular weight excluding hydrogens is 523 g/mol. The molecule has 0 aliphatic carbocycles. The number of nitrogens with one attached hydrogen (secondary N) is 1. The topological polar surface area (TPSA) is 87.4 Å². The number of carbonyl (C=O) groups is 1. The first-order valence-corrected chi connectivity index (χ1v) is 13.0. The van der Waals surface area contributed by atoms with Gasteiger partial charge in [-0.2, -0.15) is 5.26 Å². The predicted octanol–water partition coefficient (Wildman–Crippen LogP) is 4.77. The zero-order chi connectivity index (χ0) is 27.4. The first kappa shape index (κ1) is 27.1. The number of thioether (sulfide) groups is 1. The number of methoxy groups -OCH3 is 1. The fourth-order valence-corrected chi connectivity index (χ4v) is 5.38. The molecule has 1 amide bonds. The maximum Gasteiger partial charge on any atom is 0.270 e. The van der Waals surface area contributed by atoms with Crippen molar-refractivity contribution < 1.29 is 13.9 Å². The number of carbonyl (C=O) groups excluding carboxylic acids is 1. The highest BCUT2D eigenvalue weighted by Gasteiger charge is 2.32. The van der Waals surface area contributed by atoms with Gasteiger partial charge in [-0.1, -0.05) is 48.2 Å². The van der Waals surface area contributed by atoms with Crippen LogP contribution in [0, 0.1) is 24.1 Å². The van der Waals surface area contributed by atoms with Crippen LogP contribution in [0.5, 0.6) is 5.75 Å². The second-order valence-corrected chi connectivity index (χ2v) is 10.3. The van der Waals surface area contributed by atoms with E-state index in [1.807, 2.05) is 30.3 Å². The van der Waals surface area contributed by atoms with Gasteiger partial charge in [0.1, 0.15) is 33.3 Å². The van der Waals surface area contributed by atoms with Crippen molar-refractivity contribution >= 4 is 46.1 Å². The number of nitriles is 1. The molecule has 3 aromatic rings. The Kier molecular flexibility index (Phi) is 8.29. The van der Waals surface area contributed by atoms with Gasteiger partial charge in [-0.3, -0.25) is 19.1 Å². The second-order valence-electron chi connectivity index (χ2n) is 8.65. The van der Waals surface area contributed by atoms with E-state index in [1.54, 1.807) is 44.2 Å². The van der Waals surface area contributed by atoms with E-state index in [4.69, 9.17) is 17.0 Å². The number of hydrogen-bond donors (Lipinski definition) is 1. The number of rotatable bonds is 8. The van der Waals surface area contributed by atoms with Gasteiger partial charge in [0.15, 0.2) is 0 Å². The highest BCUT2D eigenvalue weighted by atomic mass is 32.2. The van der Waals surface area contributed by atoms with Crippen LogP contribution in [0.3, 0.4) is 0 Å². The van der Waals surface area contributed by atoms with Gasteiger partial charge in [0.2, 0.25) is 0 Å². The number of benzene rings is 2. The van der Waals surface area contributed by atoms with Crippen molar-refractivity contribution in [3.63, 3.8) is 0 Å². The zero-order valence-corrected chi connectivity index (χ0v) is 22.7. The largest absolute Gasteiger partial charge is 0.497 e. The quantitative estimate of drug-likeness (QED) is 0.321. The van der Waals surface area contributed by atoms with Gasteiger partial charge in [-0.15, -0.1) is 0 Å². The highest BCUT2D eigenvalue weighted by molar-refractivity contribution is 8.26. The van der Waals surface area contributed by atoms with E-state index in [1.165, 1.54) is 28.5 Å². The minimum absolute atomic E-state index is 0.000987. The summed E-state index contributed by atoms with van der Waals surface area (Å²) in [5, 5.41) is 12.9. The van der Waals surface area contributed by atoms with E-state index in [0.717, 1.165) is 16.9 Å². The van der Waals surface area contributed by atoms with Crippen molar-refractivity contribution in [1.29, 1.82) is 5.26 Å². The van der Waals surface area contributed by atoms with Crippen LogP contribution in [0.4, 0.5) is 10.2 Å². The summed E-state index contributed by atoms with van der Waals surface area (Å²) in [6, 6.07) is 15.6. The molecule has 10 heteroatoms. The SMILES string of the molecule is COc1ccc(CCN2C(=O)/C(=C\c3c(C)c(C#N)c(=O)n(C)c3NCc3ccc(F)cc3)SC2=S)cc1. The molecule has 1 saturated heterocycles. The van der Waals surface area contributed by atoms with Gasteiger partial charge in [0, 0.05) is 25.7 Å². The van der Waals surface area contributed by atoms with Crippen molar-refractivity contribution in [1.82, 2.24) is 9.47 Å². The number of anilines is 1. The summed E-state index contributed by atoms with van der Waals surface area (Å²) in [6.07, 6.45) is 2.29. The van der Waals surface area contributed by atoms with Crippen LogP contribution in [0.2, 0.25) is 0 Å². The highest BCUT2D eigenvalue weighted by Crippen LogP contribution is 2.35. The molecule has 0 spiro atoms. The van der Waals surface area contributed by atoms with E-state index >= 15 is 0 Å². The Morgan fingerprint density at radius 2 is 1.79 bits per heavy atom. The molecule has 0 bridgehead atoms. The summed E-state index contributed by atoms with van der Waals surface area (Å²) in [7, 11) is 3.17. The summed E-state index contributed by atoms with van der Waals surface area (Å²) in [6.45, 7) is 2.40. The van der Waals surface area contributed by atoms with E-state index in [2.05, 4.69) is 5.32 Å². The maximum atomic E-state index is 13.3. The van der Waals surface area contributed by atoms with Gasteiger partial charge in [-0.25, -0.2) is 4.39 Å². The van der Waals surface area contributed by atoms with Gasteiger partial charge in [-0.05, 0) is 60.4 Å². The molecule has 4 rings (SSSR count). The van der Waals surface area contributed by atoms with Crippen molar-refractivity contribution in [3.05, 3.63) is 97.4 Å².